The molecular weight excluding hydrogens is 343 g/mol. The standard InChI is InChI=1S/C18H18BrFN2/c19-17-4-3-16(12-21-17)22-7-5-18(6-8-22)10-13-1-2-15(20)9-14(13)11-18/h1-4,9,12H,5-8,10-11H2. The van der Waals surface area contributed by atoms with Crippen molar-refractivity contribution in [2.45, 2.75) is 25.7 Å². The molecule has 2 aromatic rings. The van der Waals surface area contributed by atoms with E-state index < -0.39 is 0 Å². The molecule has 22 heavy (non-hydrogen) atoms. The van der Waals surface area contributed by atoms with Crippen molar-refractivity contribution in [1.29, 1.82) is 0 Å². The van der Waals surface area contributed by atoms with E-state index in [0.717, 1.165) is 30.5 Å². The van der Waals surface area contributed by atoms with E-state index >= 15 is 0 Å². The van der Waals surface area contributed by atoms with E-state index in [1.165, 1.54) is 29.7 Å². The molecule has 0 bridgehead atoms. The summed E-state index contributed by atoms with van der Waals surface area (Å²) in [6, 6.07) is 9.42. The second-order valence-electron chi connectivity index (χ2n) is 6.59. The van der Waals surface area contributed by atoms with Crippen LogP contribution < -0.4 is 4.90 Å². The summed E-state index contributed by atoms with van der Waals surface area (Å²) in [6.45, 7) is 2.11. The summed E-state index contributed by atoms with van der Waals surface area (Å²) in [5.41, 5.74) is 4.11. The fourth-order valence-electron chi connectivity index (χ4n) is 3.95. The first kappa shape index (κ1) is 14.2. The third kappa shape index (κ3) is 2.54. The summed E-state index contributed by atoms with van der Waals surface area (Å²) in [5, 5.41) is 0. The van der Waals surface area contributed by atoms with Crippen LogP contribution >= 0.6 is 15.9 Å². The van der Waals surface area contributed by atoms with Crippen molar-refractivity contribution in [3.05, 3.63) is 58.1 Å². The maximum absolute atomic E-state index is 13.4. The van der Waals surface area contributed by atoms with Gasteiger partial charge in [-0.3, -0.25) is 0 Å². The molecule has 1 saturated heterocycles. The highest BCUT2D eigenvalue weighted by molar-refractivity contribution is 9.10. The van der Waals surface area contributed by atoms with E-state index in [1.807, 2.05) is 18.3 Å². The number of fused-ring (bicyclic) bond motifs is 1. The minimum Gasteiger partial charge on any atom is -0.370 e. The summed E-state index contributed by atoms with van der Waals surface area (Å²) < 4.78 is 14.3. The molecule has 0 unspecified atom stereocenters. The van der Waals surface area contributed by atoms with Gasteiger partial charge < -0.3 is 4.90 Å². The lowest BCUT2D eigenvalue weighted by Gasteiger charge is -2.40. The van der Waals surface area contributed by atoms with Gasteiger partial charge in [0, 0.05) is 13.1 Å². The summed E-state index contributed by atoms with van der Waals surface area (Å²) in [6.07, 6.45) is 6.40. The monoisotopic (exact) mass is 360 g/mol. The van der Waals surface area contributed by atoms with Gasteiger partial charge in [-0.1, -0.05) is 6.07 Å². The van der Waals surface area contributed by atoms with Gasteiger partial charge in [0.05, 0.1) is 11.9 Å². The molecule has 0 radical (unpaired) electrons. The van der Waals surface area contributed by atoms with Gasteiger partial charge in [0.25, 0.3) is 0 Å². The van der Waals surface area contributed by atoms with Crippen LogP contribution in [0.25, 0.3) is 0 Å². The predicted octanol–water partition coefficient (Wildman–Crippen LogP) is 4.37. The topological polar surface area (TPSA) is 16.1 Å². The highest BCUT2D eigenvalue weighted by Gasteiger charge is 2.39. The van der Waals surface area contributed by atoms with Crippen molar-refractivity contribution in [2.75, 3.05) is 18.0 Å². The van der Waals surface area contributed by atoms with E-state index in [4.69, 9.17) is 0 Å². The van der Waals surface area contributed by atoms with Gasteiger partial charge in [-0.05, 0) is 82.4 Å². The van der Waals surface area contributed by atoms with Gasteiger partial charge in [-0.25, -0.2) is 9.37 Å². The molecule has 1 spiro atoms. The number of aromatic nitrogens is 1. The highest BCUT2D eigenvalue weighted by atomic mass is 79.9. The van der Waals surface area contributed by atoms with Crippen LogP contribution in [0.4, 0.5) is 10.1 Å². The van der Waals surface area contributed by atoms with Crippen LogP contribution in [0.1, 0.15) is 24.0 Å². The van der Waals surface area contributed by atoms with Crippen molar-refractivity contribution in [1.82, 2.24) is 4.98 Å². The van der Waals surface area contributed by atoms with E-state index in [0.29, 0.717) is 5.41 Å². The Kier molecular flexibility index (Phi) is 3.44. The normalized spacial score (nSPS) is 19.5. The Morgan fingerprint density at radius 3 is 2.55 bits per heavy atom. The molecule has 1 aliphatic carbocycles. The fourth-order valence-corrected chi connectivity index (χ4v) is 4.18. The number of rotatable bonds is 1. The number of benzene rings is 1. The minimum absolute atomic E-state index is 0.103. The average molecular weight is 361 g/mol. The Balaban J connectivity index is 1.47. The summed E-state index contributed by atoms with van der Waals surface area (Å²) in [5.74, 6) is -0.103. The van der Waals surface area contributed by atoms with E-state index in [9.17, 15) is 4.39 Å². The summed E-state index contributed by atoms with van der Waals surface area (Å²) in [4.78, 5) is 6.73. The van der Waals surface area contributed by atoms with Crippen molar-refractivity contribution in [3.63, 3.8) is 0 Å². The summed E-state index contributed by atoms with van der Waals surface area (Å²) in [7, 11) is 0. The Morgan fingerprint density at radius 1 is 1.05 bits per heavy atom. The van der Waals surface area contributed by atoms with Gasteiger partial charge >= 0.3 is 0 Å². The molecule has 0 N–H and O–H groups in total. The number of piperidine rings is 1. The molecular formula is C18H18BrFN2. The zero-order valence-electron chi connectivity index (χ0n) is 12.4. The number of nitrogens with zero attached hydrogens (tertiary/aromatic N) is 2. The van der Waals surface area contributed by atoms with Gasteiger partial charge in [-0.2, -0.15) is 0 Å². The molecule has 114 valence electrons. The number of hydrogen-bond acceptors (Lipinski definition) is 2. The largest absolute Gasteiger partial charge is 0.370 e. The molecule has 1 aromatic heterocycles. The van der Waals surface area contributed by atoms with Gasteiger partial charge in [-0.15, -0.1) is 0 Å². The Morgan fingerprint density at radius 2 is 1.82 bits per heavy atom. The second-order valence-corrected chi connectivity index (χ2v) is 7.41. The molecule has 0 amide bonds. The summed E-state index contributed by atoms with van der Waals surface area (Å²) >= 11 is 3.38. The highest BCUT2D eigenvalue weighted by Crippen LogP contribution is 2.45. The van der Waals surface area contributed by atoms with E-state index in [1.54, 1.807) is 12.1 Å². The molecule has 1 fully saturated rings. The smallest absolute Gasteiger partial charge is 0.123 e. The first-order chi connectivity index (χ1) is 10.6. The van der Waals surface area contributed by atoms with Crippen LogP contribution in [0.2, 0.25) is 0 Å². The minimum atomic E-state index is -0.103. The molecule has 1 aliphatic heterocycles. The predicted molar refractivity (Wildman–Crippen MR) is 89.6 cm³/mol. The lowest BCUT2D eigenvalue weighted by molar-refractivity contribution is 0.233. The lowest BCUT2D eigenvalue weighted by Crippen LogP contribution is -2.40. The van der Waals surface area contributed by atoms with Crippen molar-refractivity contribution in [3.8, 4) is 0 Å². The van der Waals surface area contributed by atoms with Gasteiger partial charge in [0.2, 0.25) is 0 Å². The molecule has 4 rings (SSSR count). The molecule has 2 aliphatic rings. The number of halogens is 2. The van der Waals surface area contributed by atoms with Crippen LogP contribution in [0.15, 0.2) is 41.1 Å². The molecule has 2 nitrogen and oxygen atoms in total. The van der Waals surface area contributed by atoms with Crippen molar-refractivity contribution >= 4 is 21.6 Å². The number of anilines is 1. The maximum atomic E-state index is 13.4. The second kappa shape index (κ2) is 5.34. The van der Waals surface area contributed by atoms with Crippen LogP contribution in [0, 0.1) is 11.2 Å². The third-order valence-electron chi connectivity index (χ3n) is 5.20. The Hall–Kier alpha value is -1.42. The SMILES string of the molecule is Fc1ccc2c(c1)CC1(CCN(c3ccc(Br)nc3)CC1)C2. The van der Waals surface area contributed by atoms with Gasteiger partial charge in [0.1, 0.15) is 10.4 Å². The van der Waals surface area contributed by atoms with Crippen LogP contribution in [0.3, 0.4) is 0 Å². The molecule has 4 heteroatoms. The van der Waals surface area contributed by atoms with Crippen molar-refractivity contribution < 1.29 is 4.39 Å². The van der Waals surface area contributed by atoms with Gasteiger partial charge in [0.15, 0.2) is 0 Å². The zero-order valence-corrected chi connectivity index (χ0v) is 13.9. The Labute approximate surface area is 138 Å². The lowest BCUT2D eigenvalue weighted by atomic mass is 9.76. The van der Waals surface area contributed by atoms with Crippen molar-refractivity contribution in [2.24, 2.45) is 5.41 Å². The first-order valence-corrected chi connectivity index (χ1v) is 8.57. The molecule has 2 heterocycles. The fraction of sp³-hybridized carbons (Fsp3) is 0.389. The zero-order chi connectivity index (χ0) is 15.2. The molecule has 0 atom stereocenters. The van der Waals surface area contributed by atoms with Crippen LogP contribution in [-0.2, 0) is 12.8 Å². The number of pyridine rings is 1. The number of hydrogen-bond donors (Lipinski definition) is 0. The van der Waals surface area contributed by atoms with E-state index in [-0.39, 0.29) is 5.82 Å². The quantitative estimate of drug-likeness (QED) is 0.702. The van der Waals surface area contributed by atoms with Crippen LogP contribution in [-0.4, -0.2) is 18.1 Å². The maximum Gasteiger partial charge on any atom is 0.123 e. The van der Waals surface area contributed by atoms with Crippen LogP contribution in [0.5, 0.6) is 0 Å². The average Bonchev–Trinajstić information content (AvgIpc) is 2.86. The molecule has 1 aromatic carbocycles. The van der Waals surface area contributed by atoms with E-state index in [2.05, 4.69) is 31.9 Å². The molecule has 0 saturated carbocycles. The Bertz CT molecular complexity index is 691. The first-order valence-electron chi connectivity index (χ1n) is 7.77. The third-order valence-corrected chi connectivity index (χ3v) is 5.67.